The van der Waals surface area contributed by atoms with Crippen molar-refractivity contribution in [3.63, 3.8) is 0 Å². The Balaban J connectivity index is 1.78. The Morgan fingerprint density at radius 1 is 1.12 bits per heavy atom. The van der Waals surface area contributed by atoms with Gasteiger partial charge in [0.05, 0.1) is 11.3 Å². The molecule has 0 aliphatic carbocycles. The number of halogens is 2. The summed E-state index contributed by atoms with van der Waals surface area (Å²) in [5, 5.41) is 3.48. The number of piperidine rings is 1. The van der Waals surface area contributed by atoms with Crippen molar-refractivity contribution in [2.45, 2.75) is 29.7 Å². The molecule has 3 aliphatic heterocycles. The summed E-state index contributed by atoms with van der Waals surface area (Å²) in [5.74, 6) is 0.454. The molecule has 2 aromatic carbocycles. The van der Waals surface area contributed by atoms with Gasteiger partial charge in [0.25, 0.3) is 0 Å². The molecule has 25 heavy (non-hydrogen) atoms. The van der Waals surface area contributed by atoms with Crippen molar-refractivity contribution < 1.29 is 8.78 Å². The molecule has 2 aromatic rings. The van der Waals surface area contributed by atoms with Gasteiger partial charge in [0.2, 0.25) is 0 Å². The molecule has 0 aromatic heterocycles. The van der Waals surface area contributed by atoms with Crippen LogP contribution in [-0.2, 0) is 0 Å². The average Bonchev–Trinajstić information content (AvgIpc) is 2.79. The van der Waals surface area contributed by atoms with Crippen LogP contribution in [0.5, 0.6) is 0 Å². The van der Waals surface area contributed by atoms with Gasteiger partial charge < -0.3 is 10.2 Å². The zero-order chi connectivity index (χ0) is 17.0. The number of thioether (sulfide) groups is 1. The zero-order valence-corrected chi connectivity index (χ0v) is 14.7. The number of hydrogen-bond acceptors (Lipinski definition) is 3. The first-order chi connectivity index (χ1) is 12.3. The third-order valence-electron chi connectivity index (χ3n) is 5.72. The lowest BCUT2D eigenvalue weighted by Crippen LogP contribution is -2.44. The van der Waals surface area contributed by atoms with E-state index in [0.717, 1.165) is 49.4 Å². The summed E-state index contributed by atoms with van der Waals surface area (Å²) in [6.45, 7) is 2.93. The van der Waals surface area contributed by atoms with E-state index in [1.54, 1.807) is 0 Å². The van der Waals surface area contributed by atoms with Crippen molar-refractivity contribution in [2.75, 3.05) is 30.3 Å². The summed E-state index contributed by atoms with van der Waals surface area (Å²) in [7, 11) is 0. The van der Waals surface area contributed by atoms with E-state index in [4.69, 9.17) is 0 Å². The van der Waals surface area contributed by atoms with Crippen LogP contribution in [0.2, 0.25) is 0 Å². The van der Waals surface area contributed by atoms with Gasteiger partial charge in [0, 0.05) is 29.9 Å². The predicted octanol–water partition coefficient (Wildman–Crippen LogP) is 4.39. The van der Waals surface area contributed by atoms with Gasteiger partial charge >= 0.3 is 0 Å². The lowest BCUT2D eigenvalue weighted by atomic mass is 9.85. The highest BCUT2D eigenvalue weighted by molar-refractivity contribution is 7.99. The molecular weight excluding hydrogens is 338 g/mol. The molecule has 3 heterocycles. The highest BCUT2D eigenvalue weighted by Crippen LogP contribution is 2.53. The second-order valence-electron chi connectivity index (χ2n) is 7.03. The first-order valence-electron chi connectivity index (χ1n) is 8.97. The summed E-state index contributed by atoms with van der Waals surface area (Å²) < 4.78 is 29.1. The monoisotopic (exact) mass is 358 g/mol. The first kappa shape index (κ1) is 15.6. The quantitative estimate of drug-likeness (QED) is 0.814. The van der Waals surface area contributed by atoms with E-state index in [1.807, 2.05) is 17.8 Å². The lowest BCUT2D eigenvalue weighted by molar-refractivity contribution is 0.403. The zero-order valence-electron chi connectivity index (χ0n) is 13.9. The van der Waals surface area contributed by atoms with Crippen LogP contribution in [0.4, 0.5) is 14.5 Å². The van der Waals surface area contributed by atoms with Crippen LogP contribution in [0.25, 0.3) is 11.1 Å². The van der Waals surface area contributed by atoms with Crippen LogP contribution in [0.1, 0.15) is 24.3 Å². The van der Waals surface area contributed by atoms with Gasteiger partial charge in [0.1, 0.15) is 11.6 Å². The minimum Gasteiger partial charge on any atom is -0.367 e. The number of nitrogens with one attached hydrogen (secondary N) is 1. The molecule has 3 aliphatic rings. The number of fused-ring (bicyclic) bond motifs is 3. The molecule has 0 saturated carbocycles. The Labute approximate surface area is 150 Å². The Hall–Kier alpha value is -1.59. The second-order valence-corrected chi connectivity index (χ2v) is 8.17. The van der Waals surface area contributed by atoms with E-state index in [0.29, 0.717) is 12.0 Å². The minimum absolute atomic E-state index is 0.126. The topological polar surface area (TPSA) is 15.3 Å². The minimum atomic E-state index is -0.476. The van der Waals surface area contributed by atoms with Crippen LogP contribution in [0.3, 0.4) is 0 Å². The summed E-state index contributed by atoms with van der Waals surface area (Å²) in [5.41, 5.74) is 3.24. The lowest BCUT2D eigenvalue weighted by Gasteiger charge is -2.33. The van der Waals surface area contributed by atoms with Gasteiger partial charge in [-0.15, -0.1) is 11.8 Å². The van der Waals surface area contributed by atoms with E-state index in [2.05, 4.69) is 16.3 Å². The first-order valence-corrected chi connectivity index (χ1v) is 9.95. The molecule has 1 fully saturated rings. The van der Waals surface area contributed by atoms with E-state index in [9.17, 15) is 8.78 Å². The molecule has 1 N–H and O–H groups in total. The molecule has 0 bridgehead atoms. The maximum atomic E-state index is 14.5. The maximum Gasteiger partial charge on any atom is 0.133 e. The molecule has 5 rings (SSSR count). The molecule has 0 radical (unpaired) electrons. The van der Waals surface area contributed by atoms with E-state index in [-0.39, 0.29) is 5.56 Å². The van der Waals surface area contributed by atoms with Crippen LogP contribution in [-0.4, -0.2) is 31.4 Å². The molecule has 1 saturated heterocycles. The van der Waals surface area contributed by atoms with Crippen molar-refractivity contribution in [2.24, 2.45) is 0 Å². The number of anilines is 1. The SMILES string of the molecule is Fc1cccc(F)c1-c1ccc2c3c1[C@H]1CNCC[C@H]1N3CCCS2. The summed E-state index contributed by atoms with van der Waals surface area (Å²) in [6, 6.07) is 8.59. The number of rotatable bonds is 1. The Morgan fingerprint density at radius 3 is 2.80 bits per heavy atom. The average molecular weight is 358 g/mol. The molecule has 2 atom stereocenters. The molecule has 2 nitrogen and oxygen atoms in total. The summed E-state index contributed by atoms with van der Waals surface area (Å²) in [6.07, 6.45) is 2.24. The van der Waals surface area contributed by atoms with Gasteiger partial charge in [-0.25, -0.2) is 8.78 Å². The Bertz CT molecular complexity index is 818. The number of nitrogens with zero attached hydrogens (tertiary/aromatic N) is 1. The van der Waals surface area contributed by atoms with Gasteiger partial charge in [-0.3, -0.25) is 0 Å². The Kier molecular flexibility index (Phi) is 3.75. The van der Waals surface area contributed by atoms with Crippen LogP contribution < -0.4 is 10.2 Å². The number of benzene rings is 2. The second kappa shape index (κ2) is 5.99. The molecule has 0 amide bonds. The largest absolute Gasteiger partial charge is 0.367 e. The van der Waals surface area contributed by atoms with E-state index >= 15 is 0 Å². The van der Waals surface area contributed by atoms with Crippen LogP contribution >= 0.6 is 11.8 Å². The van der Waals surface area contributed by atoms with E-state index in [1.165, 1.54) is 28.8 Å². The van der Waals surface area contributed by atoms with Crippen molar-refractivity contribution in [3.05, 3.63) is 47.5 Å². The molecule has 5 heteroatoms. The fraction of sp³-hybridized carbons (Fsp3) is 0.400. The van der Waals surface area contributed by atoms with Crippen molar-refractivity contribution >= 4 is 17.4 Å². The summed E-state index contributed by atoms with van der Waals surface area (Å²) >= 11 is 1.88. The predicted molar refractivity (Wildman–Crippen MR) is 98.5 cm³/mol. The van der Waals surface area contributed by atoms with Crippen LogP contribution in [0, 0.1) is 11.6 Å². The molecule has 0 spiro atoms. The van der Waals surface area contributed by atoms with Gasteiger partial charge in [-0.1, -0.05) is 12.1 Å². The molecule has 130 valence electrons. The van der Waals surface area contributed by atoms with Crippen molar-refractivity contribution in [1.82, 2.24) is 5.32 Å². The maximum absolute atomic E-state index is 14.5. The van der Waals surface area contributed by atoms with E-state index < -0.39 is 11.6 Å². The van der Waals surface area contributed by atoms with Gasteiger partial charge in [-0.05, 0) is 54.5 Å². The van der Waals surface area contributed by atoms with Gasteiger partial charge in [-0.2, -0.15) is 0 Å². The van der Waals surface area contributed by atoms with Crippen LogP contribution in [0.15, 0.2) is 35.2 Å². The normalized spacial score (nSPS) is 24.6. The highest BCUT2D eigenvalue weighted by atomic mass is 32.2. The van der Waals surface area contributed by atoms with Crippen molar-refractivity contribution in [3.8, 4) is 11.1 Å². The van der Waals surface area contributed by atoms with Gasteiger partial charge in [0.15, 0.2) is 0 Å². The van der Waals surface area contributed by atoms with Crippen molar-refractivity contribution in [1.29, 1.82) is 0 Å². The Morgan fingerprint density at radius 2 is 1.96 bits per heavy atom. The third-order valence-corrected chi connectivity index (χ3v) is 6.85. The molecule has 0 unspecified atom stereocenters. The smallest absolute Gasteiger partial charge is 0.133 e. The standard InChI is InChI=1S/C20H20F2N2S/c21-14-3-1-4-15(22)19(14)12-5-6-17-20-18(12)13-11-23-8-7-16(13)24(20)9-2-10-25-17/h1,3-6,13,16,23H,2,7-11H2/t13-,16+/m0/s1. The molecular formula is C20H20F2N2S. The fourth-order valence-electron chi connectivity index (χ4n) is 4.72. The third kappa shape index (κ3) is 2.32. The number of hydrogen-bond donors (Lipinski definition) is 1. The highest BCUT2D eigenvalue weighted by Gasteiger charge is 2.43. The fourth-order valence-corrected chi connectivity index (χ4v) is 5.74. The summed E-state index contributed by atoms with van der Waals surface area (Å²) in [4.78, 5) is 3.79.